The van der Waals surface area contributed by atoms with Crippen LogP contribution in [0.3, 0.4) is 0 Å². The van der Waals surface area contributed by atoms with Gasteiger partial charge in [0.1, 0.15) is 5.52 Å². The SMILES string of the molecule is COC(=O)c1cn(C2CN(c3nc4c(C)cccc4o3)C2)nn1. The lowest BCUT2D eigenvalue weighted by Gasteiger charge is -2.37. The first kappa shape index (κ1) is 13.7. The van der Waals surface area contributed by atoms with Crippen LogP contribution in [-0.2, 0) is 4.74 Å². The predicted molar refractivity (Wildman–Crippen MR) is 81.4 cm³/mol. The van der Waals surface area contributed by atoms with E-state index in [0.717, 1.165) is 16.7 Å². The van der Waals surface area contributed by atoms with Gasteiger partial charge in [0.15, 0.2) is 11.3 Å². The number of benzene rings is 1. The molecule has 1 aliphatic rings. The molecule has 8 nitrogen and oxygen atoms in total. The second kappa shape index (κ2) is 5.08. The van der Waals surface area contributed by atoms with Crippen molar-refractivity contribution in [1.82, 2.24) is 20.0 Å². The molecule has 0 aliphatic carbocycles. The zero-order valence-corrected chi connectivity index (χ0v) is 12.8. The van der Waals surface area contributed by atoms with Gasteiger partial charge < -0.3 is 14.1 Å². The molecule has 0 spiro atoms. The molecule has 1 aliphatic heterocycles. The number of aryl methyl sites for hydroxylation is 1. The van der Waals surface area contributed by atoms with E-state index in [2.05, 4.69) is 20.0 Å². The van der Waals surface area contributed by atoms with Crippen LogP contribution in [0.5, 0.6) is 0 Å². The van der Waals surface area contributed by atoms with Gasteiger partial charge in [0, 0.05) is 13.1 Å². The van der Waals surface area contributed by atoms with Gasteiger partial charge in [0.05, 0.1) is 19.3 Å². The van der Waals surface area contributed by atoms with E-state index in [1.165, 1.54) is 7.11 Å². The summed E-state index contributed by atoms with van der Waals surface area (Å²) in [5, 5.41) is 7.80. The molecule has 1 saturated heterocycles. The Balaban J connectivity index is 1.49. The van der Waals surface area contributed by atoms with Gasteiger partial charge >= 0.3 is 5.97 Å². The summed E-state index contributed by atoms with van der Waals surface area (Å²) < 4.78 is 12.1. The number of carbonyl (C=O) groups excluding carboxylic acids is 1. The predicted octanol–water partition coefficient (Wildman–Crippen LogP) is 1.58. The van der Waals surface area contributed by atoms with Crippen LogP contribution in [0.1, 0.15) is 22.1 Å². The highest BCUT2D eigenvalue weighted by molar-refractivity contribution is 5.86. The van der Waals surface area contributed by atoms with Gasteiger partial charge in [-0.25, -0.2) is 9.48 Å². The first-order chi connectivity index (χ1) is 11.2. The third-order valence-electron chi connectivity index (χ3n) is 4.02. The number of hydrogen-bond donors (Lipinski definition) is 0. The van der Waals surface area contributed by atoms with E-state index in [1.807, 2.05) is 30.0 Å². The Kier molecular flexibility index (Phi) is 3.03. The summed E-state index contributed by atoms with van der Waals surface area (Å²) in [5.41, 5.74) is 2.98. The van der Waals surface area contributed by atoms with E-state index < -0.39 is 5.97 Å². The first-order valence-electron chi connectivity index (χ1n) is 7.27. The summed E-state index contributed by atoms with van der Waals surface area (Å²) in [4.78, 5) is 18.0. The maximum absolute atomic E-state index is 11.4. The lowest BCUT2D eigenvalue weighted by molar-refractivity contribution is 0.0594. The van der Waals surface area contributed by atoms with Gasteiger partial charge in [-0.1, -0.05) is 17.3 Å². The van der Waals surface area contributed by atoms with E-state index in [4.69, 9.17) is 4.42 Å². The molecule has 2 aromatic heterocycles. The molecule has 0 saturated carbocycles. The van der Waals surface area contributed by atoms with Crippen LogP contribution in [-0.4, -0.2) is 46.1 Å². The molecule has 8 heteroatoms. The topological polar surface area (TPSA) is 86.3 Å². The number of carbonyl (C=O) groups is 1. The maximum atomic E-state index is 11.4. The van der Waals surface area contributed by atoms with Crippen molar-refractivity contribution in [3.63, 3.8) is 0 Å². The fourth-order valence-corrected chi connectivity index (χ4v) is 2.64. The lowest BCUT2D eigenvalue weighted by Crippen LogP contribution is -2.48. The summed E-state index contributed by atoms with van der Waals surface area (Å²) in [6.07, 6.45) is 1.60. The van der Waals surface area contributed by atoms with Crippen molar-refractivity contribution in [2.24, 2.45) is 0 Å². The van der Waals surface area contributed by atoms with E-state index in [9.17, 15) is 4.79 Å². The standard InChI is InChI=1S/C15H15N5O3/c1-9-4-3-5-12-13(9)16-15(23-12)19-6-10(7-19)20-8-11(17-18-20)14(21)22-2/h3-5,8,10H,6-7H2,1-2H3. The second-order valence-electron chi connectivity index (χ2n) is 5.55. The number of esters is 1. The van der Waals surface area contributed by atoms with Gasteiger partial charge in [-0.05, 0) is 18.6 Å². The molecular weight excluding hydrogens is 298 g/mol. The highest BCUT2D eigenvalue weighted by Crippen LogP contribution is 2.30. The third kappa shape index (κ3) is 2.23. The molecule has 1 fully saturated rings. The van der Waals surface area contributed by atoms with Crippen molar-refractivity contribution >= 4 is 23.1 Å². The summed E-state index contributed by atoms with van der Waals surface area (Å²) >= 11 is 0. The number of fused-ring (bicyclic) bond motifs is 1. The average molecular weight is 313 g/mol. The Morgan fingerprint density at radius 2 is 2.22 bits per heavy atom. The summed E-state index contributed by atoms with van der Waals surface area (Å²) in [7, 11) is 1.32. The van der Waals surface area contributed by atoms with Gasteiger partial charge in [-0.2, -0.15) is 4.98 Å². The van der Waals surface area contributed by atoms with Gasteiger partial charge in [0.25, 0.3) is 6.01 Å². The van der Waals surface area contributed by atoms with Crippen LogP contribution in [0.25, 0.3) is 11.1 Å². The van der Waals surface area contributed by atoms with Gasteiger partial charge in [-0.15, -0.1) is 5.10 Å². The molecule has 0 unspecified atom stereocenters. The Bertz CT molecular complexity index is 878. The minimum Gasteiger partial charge on any atom is -0.464 e. The molecule has 0 radical (unpaired) electrons. The molecular formula is C15H15N5O3. The number of para-hydroxylation sites is 1. The molecule has 3 aromatic rings. The van der Waals surface area contributed by atoms with Crippen LogP contribution < -0.4 is 4.90 Å². The number of ether oxygens (including phenoxy) is 1. The molecule has 4 rings (SSSR count). The van der Waals surface area contributed by atoms with Crippen LogP contribution in [0, 0.1) is 6.92 Å². The molecule has 0 atom stereocenters. The Hall–Kier alpha value is -2.90. The van der Waals surface area contributed by atoms with E-state index in [-0.39, 0.29) is 11.7 Å². The van der Waals surface area contributed by atoms with Crippen LogP contribution >= 0.6 is 0 Å². The summed E-state index contributed by atoms with van der Waals surface area (Å²) in [6, 6.07) is 6.62. The number of oxazole rings is 1. The molecule has 3 heterocycles. The Labute approximate surface area is 131 Å². The van der Waals surface area contributed by atoms with Crippen molar-refractivity contribution in [1.29, 1.82) is 0 Å². The fraction of sp³-hybridized carbons (Fsp3) is 0.333. The molecule has 0 bridgehead atoms. The lowest BCUT2D eigenvalue weighted by atomic mass is 10.1. The smallest absolute Gasteiger partial charge is 0.360 e. The first-order valence-corrected chi connectivity index (χ1v) is 7.27. The average Bonchev–Trinajstić information content (AvgIpc) is 3.13. The molecule has 0 amide bonds. The van der Waals surface area contributed by atoms with Crippen molar-refractivity contribution in [3.8, 4) is 0 Å². The highest BCUT2D eigenvalue weighted by atomic mass is 16.5. The Morgan fingerprint density at radius 1 is 1.39 bits per heavy atom. The van der Waals surface area contributed by atoms with Crippen molar-refractivity contribution < 1.29 is 13.9 Å². The summed E-state index contributed by atoms with van der Waals surface area (Å²) in [6.45, 7) is 3.42. The van der Waals surface area contributed by atoms with Crippen molar-refractivity contribution in [2.75, 3.05) is 25.1 Å². The third-order valence-corrected chi connectivity index (χ3v) is 4.02. The minimum atomic E-state index is -0.484. The van der Waals surface area contributed by atoms with Gasteiger partial charge in [-0.3, -0.25) is 0 Å². The number of methoxy groups -OCH3 is 1. The van der Waals surface area contributed by atoms with E-state index >= 15 is 0 Å². The Morgan fingerprint density at radius 3 is 2.96 bits per heavy atom. The molecule has 1 aromatic carbocycles. The maximum Gasteiger partial charge on any atom is 0.360 e. The number of rotatable bonds is 3. The number of hydrogen-bond acceptors (Lipinski definition) is 7. The normalized spacial score (nSPS) is 15.0. The minimum absolute atomic E-state index is 0.136. The zero-order valence-electron chi connectivity index (χ0n) is 12.8. The van der Waals surface area contributed by atoms with Gasteiger partial charge in [0.2, 0.25) is 0 Å². The number of anilines is 1. The zero-order chi connectivity index (χ0) is 16.0. The fourth-order valence-electron chi connectivity index (χ4n) is 2.64. The number of nitrogens with zero attached hydrogens (tertiary/aromatic N) is 5. The van der Waals surface area contributed by atoms with E-state index in [0.29, 0.717) is 19.1 Å². The molecule has 0 N–H and O–H groups in total. The second-order valence-corrected chi connectivity index (χ2v) is 5.55. The molecule has 23 heavy (non-hydrogen) atoms. The largest absolute Gasteiger partial charge is 0.464 e. The highest BCUT2D eigenvalue weighted by Gasteiger charge is 2.33. The van der Waals surface area contributed by atoms with E-state index in [1.54, 1.807) is 10.9 Å². The van der Waals surface area contributed by atoms with Crippen molar-refractivity contribution in [2.45, 2.75) is 13.0 Å². The van der Waals surface area contributed by atoms with Crippen LogP contribution in [0.15, 0.2) is 28.8 Å². The number of aromatic nitrogens is 4. The monoisotopic (exact) mass is 313 g/mol. The van der Waals surface area contributed by atoms with Crippen molar-refractivity contribution in [3.05, 3.63) is 35.7 Å². The van der Waals surface area contributed by atoms with Crippen LogP contribution in [0.2, 0.25) is 0 Å². The quantitative estimate of drug-likeness (QED) is 0.678. The molecule has 118 valence electrons. The van der Waals surface area contributed by atoms with Crippen LogP contribution in [0.4, 0.5) is 6.01 Å². The summed E-state index contributed by atoms with van der Waals surface area (Å²) in [5.74, 6) is -0.484.